The van der Waals surface area contributed by atoms with Crippen molar-refractivity contribution in [2.75, 3.05) is 0 Å². The van der Waals surface area contributed by atoms with Crippen molar-refractivity contribution in [1.82, 2.24) is 0 Å². The molecular weight excluding hydrogens is 170 g/mol. The first-order valence-electron chi connectivity index (χ1n) is 2.72. The molecule has 0 fully saturated rings. The van der Waals surface area contributed by atoms with Crippen molar-refractivity contribution in [2.24, 2.45) is 0 Å². The fourth-order valence-electron chi connectivity index (χ4n) is 0.401. The van der Waals surface area contributed by atoms with Gasteiger partial charge in [0.2, 0.25) is 0 Å². The van der Waals surface area contributed by atoms with Crippen LogP contribution in [0.1, 0.15) is 20.3 Å². The van der Waals surface area contributed by atoms with Crippen LogP contribution in [0.2, 0.25) is 10.4 Å². The summed E-state index contributed by atoms with van der Waals surface area (Å²) in [5.41, 5.74) is 0. The van der Waals surface area contributed by atoms with E-state index in [9.17, 15) is 0 Å². The summed E-state index contributed by atoms with van der Waals surface area (Å²) in [5, 5.41) is 2.56. The van der Waals surface area contributed by atoms with Gasteiger partial charge in [-0.15, -0.1) is 0 Å². The van der Waals surface area contributed by atoms with Crippen LogP contribution in [0.15, 0.2) is 0 Å². The summed E-state index contributed by atoms with van der Waals surface area (Å²) >= 11 is -0.766. The van der Waals surface area contributed by atoms with Gasteiger partial charge in [0.25, 0.3) is 0 Å². The quantitative estimate of drug-likeness (QED) is 0.589. The third kappa shape index (κ3) is 4.71. The predicted molar refractivity (Wildman–Crippen MR) is 37.2 cm³/mol. The van der Waals surface area contributed by atoms with Gasteiger partial charge in [-0.25, -0.2) is 0 Å². The molecule has 2 heteroatoms. The van der Waals surface area contributed by atoms with Gasteiger partial charge in [0, 0.05) is 0 Å². The van der Waals surface area contributed by atoms with E-state index in [2.05, 4.69) is 13.8 Å². The van der Waals surface area contributed by atoms with E-state index in [-0.39, 0.29) is 0 Å². The van der Waals surface area contributed by atoms with E-state index in [0.29, 0.717) is 0 Å². The second-order valence-corrected chi connectivity index (χ2v) is 8.19. The minimum absolute atomic E-state index is 0.766. The van der Waals surface area contributed by atoms with E-state index in [0.717, 1.165) is 0 Å². The third-order valence-corrected chi connectivity index (χ3v) is 6.33. The number of hydrogen-bond donors (Lipinski definition) is 0. The van der Waals surface area contributed by atoms with Crippen LogP contribution in [0.25, 0.3) is 0 Å². The second kappa shape index (κ2) is 4.99. The molecule has 0 aliphatic rings. The SMILES string of the molecule is CCC[As](Cl)CC. The van der Waals surface area contributed by atoms with Crippen LogP contribution in [0.4, 0.5) is 0 Å². The zero-order valence-electron chi connectivity index (χ0n) is 4.95. The van der Waals surface area contributed by atoms with E-state index >= 15 is 0 Å². The average molecular weight is 183 g/mol. The van der Waals surface area contributed by atoms with Crippen LogP contribution < -0.4 is 0 Å². The number of hydrogen-bond acceptors (Lipinski definition) is 0. The van der Waals surface area contributed by atoms with Gasteiger partial charge in [0.05, 0.1) is 0 Å². The summed E-state index contributed by atoms with van der Waals surface area (Å²) in [6, 6.07) is 0. The molecule has 0 rings (SSSR count). The van der Waals surface area contributed by atoms with Crippen molar-refractivity contribution in [3.8, 4) is 0 Å². The molecule has 0 saturated carbocycles. The Morgan fingerprint density at radius 2 is 2.00 bits per heavy atom. The zero-order valence-corrected chi connectivity index (χ0v) is 7.58. The van der Waals surface area contributed by atoms with Gasteiger partial charge in [-0.05, 0) is 0 Å². The van der Waals surface area contributed by atoms with E-state index in [1.54, 1.807) is 0 Å². The first-order chi connectivity index (χ1) is 3.31. The Hall–Kier alpha value is 0.848. The molecule has 0 aromatic carbocycles. The van der Waals surface area contributed by atoms with Gasteiger partial charge >= 0.3 is 54.3 Å². The van der Waals surface area contributed by atoms with Gasteiger partial charge in [-0.1, -0.05) is 0 Å². The molecule has 44 valence electrons. The second-order valence-electron chi connectivity index (χ2n) is 1.50. The maximum absolute atomic E-state index is 5.91. The summed E-state index contributed by atoms with van der Waals surface area (Å²) in [4.78, 5) is 0. The van der Waals surface area contributed by atoms with Gasteiger partial charge < -0.3 is 0 Å². The van der Waals surface area contributed by atoms with Crippen molar-refractivity contribution in [3.05, 3.63) is 0 Å². The van der Waals surface area contributed by atoms with Gasteiger partial charge in [-0.2, -0.15) is 0 Å². The molecule has 0 bridgehead atoms. The Morgan fingerprint density at radius 1 is 1.43 bits per heavy atom. The van der Waals surface area contributed by atoms with Gasteiger partial charge in [0.15, 0.2) is 0 Å². The molecule has 0 saturated heterocycles. The minimum atomic E-state index is -0.766. The average Bonchev–Trinajstić information content (AvgIpc) is 1.68. The predicted octanol–water partition coefficient (Wildman–Crippen LogP) is 2.65. The summed E-state index contributed by atoms with van der Waals surface area (Å²) in [6.07, 6.45) is 1.28. The molecule has 0 aromatic rings. The Morgan fingerprint density at radius 3 is 2.14 bits per heavy atom. The Labute approximate surface area is 54.7 Å². The Bertz CT molecular complexity index is 39.1. The maximum atomic E-state index is 5.91. The van der Waals surface area contributed by atoms with Gasteiger partial charge in [0.1, 0.15) is 0 Å². The van der Waals surface area contributed by atoms with Crippen LogP contribution in [-0.2, 0) is 0 Å². The summed E-state index contributed by atoms with van der Waals surface area (Å²) in [6.45, 7) is 4.38. The molecule has 0 spiro atoms. The van der Waals surface area contributed by atoms with Crippen LogP contribution in [0, 0.1) is 0 Å². The van der Waals surface area contributed by atoms with E-state index in [4.69, 9.17) is 9.95 Å². The molecule has 0 amide bonds. The van der Waals surface area contributed by atoms with Crippen LogP contribution in [0.5, 0.6) is 0 Å². The summed E-state index contributed by atoms with van der Waals surface area (Å²) in [5.74, 6) is 0. The molecule has 7 heavy (non-hydrogen) atoms. The molecule has 0 N–H and O–H groups in total. The van der Waals surface area contributed by atoms with Crippen molar-refractivity contribution in [2.45, 2.75) is 30.7 Å². The standard InChI is InChI=1S/C5H12AsCl/c1-3-5-6(7)4-2/h3-5H2,1-2H3. The normalized spacial score (nSPS) is 14.1. The first-order valence-corrected chi connectivity index (χ1v) is 7.84. The number of rotatable bonds is 3. The third-order valence-electron chi connectivity index (χ3n) is 0.809. The van der Waals surface area contributed by atoms with Crippen molar-refractivity contribution >= 4 is 23.7 Å². The van der Waals surface area contributed by atoms with Crippen molar-refractivity contribution in [3.63, 3.8) is 0 Å². The molecule has 0 aliphatic carbocycles. The van der Waals surface area contributed by atoms with Crippen LogP contribution in [-0.4, -0.2) is 13.7 Å². The zero-order chi connectivity index (χ0) is 5.70. The topological polar surface area (TPSA) is 0 Å². The monoisotopic (exact) mass is 182 g/mol. The van der Waals surface area contributed by atoms with Crippen LogP contribution in [0.3, 0.4) is 0 Å². The summed E-state index contributed by atoms with van der Waals surface area (Å²) in [7, 11) is 5.91. The van der Waals surface area contributed by atoms with Crippen molar-refractivity contribution < 1.29 is 0 Å². The number of halogens is 1. The molecule has 0 aliphatic heterocycles. The molecule has 1 atom stereocenters. The van der Waals surface area contributed by atoms with E-state index in [1.807, 2.05) is 0 Å². The Kier molecular flexibility index (Phi) is 5.60. The molecular formula is C5H12AsCl. The van der Waals surface area contributed by atoms with E-state index in [1.165, 1.54) is 16.8 Å². The molecule has 0 heterocycles. The Balaban J connectivity index is 2.83. The molecule has 0 aromatic heterocycles. The fraction of sp³-hybridized carbons (Fsp3) is 1.00. The molecule has 0 radical (unpaired) electrons. The van der Waals surface area contributed by atoms with E-state index < -0.39 is 13.7 Å². The first kappa shape index (κ1) is 7.85. The fourth-order valence-corrected chi connectivity index (χ4v) is 2.96. The van der Waals surface area contributed by atoms with Gasteiger partial charge in [-0.3, -0.25) is 0 Å². The van der Waals surface area contributed by atoms with Crippen LogP contribution >= 0.6 is 9.95 Å². The van der Waals surface area contributed by atoms with Crippen molar-refractivity contribution in [1.29, 1.82) is 0 Å². The molecule has 1 unspecified atom stereocenters. The molecule has 0 nitrogen and oxygen atoms in total. The summed E-state index contributed by atoms with van der Waals surface area (Å²) < 4.78 is 0.